The van der Waals surface area contributed by atoms with Gasteiger partial charge in [0, 0.05) is 16.6 Å². The topological polar surface area (TPSA) is 93.0 Å². The Labute approximate surface area is 127 Å². The molecule has 21 heavy (non-hydrogen) atoms. The third-order valence-corrected chi connectivity index (χ3v) is 3.99. The van der Waals surface area contributed by atoms with Gasteiger partial charge in [0.1, 0.15) is 5.75 Å². The standard InChI is InChI=1S/C14H18N4O2S/c1-8-14(9(2)18-17-8)16-13(19)7-21-12-5-4-10(15)6-11(12)20-3/h4-6H,7,15H2,1-3H3,(H,16,19)(H,17,18). The Morgan fingerprint density at radius 3 is 2.86 bits per heavy atom. The van der Waals surface area contributed by atoms with Crippen molar-refractivity contribution in [2.45, 2.75) is 18.7 Å². The summed E-state index contributed by atoms with van der Waals surface area (Å²) in [5.74, 6) is 0.861. The number of nitrogens with one attached hydrogen (secondary N) is 2. The van der Waals surface area contributed by atoms with Gasteiger partial charge in [0.2, 0.25) is 5.91 Å². The van der Waals surface area contributed by atoms with Crippen molar-refractivity contribution in [1.82, 2.24) is 10.2 Å². The number of aryl methyl sites for hydroxylation is 2. The van der Waals surface area contributed by atoms with Gasteiger partial charge < -0.3 is 15.8 Å². The van der Waals surface area contributed by atoms with Gasteiger partial charge in [-0.05, 0) is 26.0 Å². The van der Waals surface area contributed by atoms with E-state index < -0.39 is 0 Å². The van der Waals surface area contributed by atoms with Gasteiger partial charge >= 0.3 is 0 Å². The molecule has 1 aromatic heterocycles. The number of hydrogen-bond donors (Lipinski definition) is 3. The molecular formula is C14H18N4O2S. The number of thioether (sulfide) groups is 1. The minimum absolute atomic E-state index is 0.0912. The van der Waals surface area contributed by atoms with E-state index in [-0.39, 0.29) is 11.7 Å². The van der Waals surface area contributed by atoms with Gasteiger partial charge in [0.15, 0.2) is 0 Å². The van der Waals surface area contributed by atoms with E-state index in [0.29, 0.717) is 11.4 Å². The lowest BCUT2D eigenvalue weighted by atomic mass is 10.3. The molecular weight excluding hydrogens is 288 g/mol. The molecule has 0 saturated carbocycles. The van der Waals surface area contributed by atoms with Crippen LogP contribution in [0.5, 0.6) is 5.75 Å². The molecule has 0 aliphatic carbocycles. The van der Waals surface area contributed by atoms with Gasteiger partial charge in [-0.25, -0.2) is 0 Å². The first-order valence-corrected chi connectivity index (χ1v) is 7.37. The molecule has 2 aromatic rings. The molecule has 0 spiro atoms. The largest absolute Gasteiger partial charge is 0.496 e. The fraction of sp³-hybridized carbons (Fsp3) is 0.286. The maximum Gasteiger partial charge on any atom is 0.234 e. The highest BCUT2D eigenvalue weighted by Crippen LogP contribution is 2.31. The monoisotopic (exact) mass is 306 g/mol. The maximum absolute atomic E-state index is 12.0. The van der Waals surface area contributed by atoms with Crippen LogP contribution in [0.3, 0.4) is 0 Å². The molecule has 112 valence electrons. The number of amides is 1. The highest BCUT2D eigenvalue weighted by atomic mass is 32.2. The first-order chi connectivity index (χ1) is 10.0. The van der Waals surface area contributed by atoms with E-state index in [1.807, 2.05) is 19.9 Å². The molecule has 0 atom stereocenters. The lowest BCUT2D eigenvalue weighted by Crippen LogP contribution is -2.15. The van der Waals surface area contributed by atoms with Gasteiger partial charge in [-0.3, -0.25) is 9.89 Å². The Bertz CT molecular complexity index is 635. The third kappa shape index (κ3) is 3.69. The van der Waals surface area contributed by atoms with Crippen molar-refractivity contribution < 1.29 is 9.53 Å². The van der Waals surface area contributed by atoms with Crippen LogP contribution >= 0.6 is 11.8 Å². The first-order valence-electron chi connectivity index (χ1n) is 6.39. The molecule has 4 N–H and O–H groups in total. The average molecular weight is 306 g/mol. The van der Waals surface area contributed by atoms with E-state index >= 15 is 0 Å². The summed E-state index contributed by atoms with van der Waals surface area (Å²) in [7, 11) is 1.58. The molecule has 2 rings (SSSR count). The van der Waals surface area contributed by atoms with Crippen molar-refractivity contribution in [1.29, 1.82) is 0 Å². The minimum atomic E-state index is -0.0912. The molecule has 1 aromatic carbocycles. The molecule has 0 radical (unpaired) electrons. The summed E-state index contributed by atoms with van der Waals surface area (Å²) in [5.41, 5.74) is 8.69. The van der Waals surface area contributed by atoms with Crippen LogP contribution in [0.15, 0.2) is 23.1 Å². The quantitative estimate of drug-likeness (QED) is 0.582. The second-order valence-corrected chi connectivity index (χ2v) is 5.57. The number of nitrogen functional groups attached to an aromatic ring is 1. The number of carbonyl (C=O) groups excluding carboxylic acids is 1. The third-order valence-electron chi connectivity index (χ3n) is 2.94. The smallest absolute Gasteiger partial charge is 0.234 e. The Kier molecular flexibility index (Phi) is 4.74. The second kappa shape index (κ2) is 6.53. The van der Waals surface area contributed by atoms with Crippen molar-refractivity contribution in [2.24, 2.45) is 0 Å². The fourth-order valence-electron chi connectivity index (χ4n) is 1.86. The van der Waals surface area contributed by atoms with E-state index in [4.69, 9.17) is 10.5 Å². The van der Waals surface area contributed by atoms with Gasteiger partial charge in [0.05, 0.1) is 29.9 Å². The number of benzene rings is 1. The minimum Gasteiger partial charge on any atom is -0.496 e. The number of ether oxygens (including phenoxy) is 1. The van der Waals surface area contributed by atoms with E-state index in [9.17, 15) is 4.79 Å². The van der Waals surface area contributed by atoms with Crippen LogP contribution in [0.2, 0.25) is 0 Å². The van der Waals surface area contributed by atoms with Crippen molar-refractivity contribution in [2.75, 3.05) is 23.9 Å². The van der Waals surface area contributed by atoms with Crippen LogP contribution < -0.4 is 15.8 Å². The van der Waals surface area contributed by atoms with Crippen LogP contribution in [0.1, 0.15) is 11.4 Å². The number of nitrogens with two attached hydrogens (primary N) is 1. The van der Waals surface area contributed by atoms with E-state index in [0.717, 1.165) is 22.0 Å². The van der Waals surface area contributed by atoms with Gasteiger partial charge in [-0.2, -0.15) is 5.10 Å². The second-order valence-electron chi connectivity index (χ2n) is 4.56. The number of rotatable bonds is 5. The van der Waals surface area contributed by atoms with Gasteiger partial charge in [0.25, 0.3) is 0 Å². The fourth-order valence-corrected chi connectivity index (χ4v) is 2.66. The number of anilines is 2. The highest BCUT2D eigenvalue weighted by molar-refractivity contribution is 8.00. The Morgan fingerprint density at radius 1 is 1.48 bits per heavy atom. The van der Waals surface area contributed by atoms with Gasteiger partial charge in [-0.15, -0.1) is 11.8 Å². The Morgan fingerprint density at radius 2 is 2.24 bits per heavy atom. The predicted octanol–water partition coefficient (Wildman–Crippen LogP) is 2.35. The van der Waals surface area contributed by atoms with Crippen LogP contribution in [-0.4, -0.2) is 29.0 Å². The van der Waals surface area contributed by atoms with Crippen molar-refractivity contribution in [3.8, 4) is 5.75 Å². The molecule has 0 aliphatic heterocycles. The number of aromatic amines is 1. The van der Waals surface area contributed by atoms with Crippen molar-refractivity contribution >= 4 is 29.0 Å². The number of methoxy groups -OCH3 is 1. The zero-order chi connectivity index (χ0) is 15.4. The number of nitrogens with zero attached hydrogens (tertiary/aromatic N) is 1. The first kappa shape index (κ1) is 15.2. The molecule has 7 heteroatoms. The van der Waals surface area contributed by atoms with Crippen LogP contribution in [0, 0.1) is 13.8 Å². The number of H-pyrrole nitrogens is 1. The van der Waals surface area contributed by atoms with E-state index in [1.54, 1.807) is 19.2 Å². The van der Waals surface area contributed by atoms with Crippen molar-refractivity contribution in [3.05, 3.63) is 29.6 Å². The van der Waals surface area contributed by atoms with Crippen LogP contribution in [0.4, 0.5) is 11.4 Å². The summed E-state index contributed by atoms with van der Waals surface area (Å²) in [6.07, 6.45) is 0. The molecule has 1 amide bonds. The number of aromatic nitrogens is 2. The molecule has 1 heterocycles. The number of carbonyl (C=O) groups is 1. The average Bonchev–Trinajstić information content (AvgIpc) is 2.77. The summed E-state index contributed by atoms with van der Waals surface area (Å²) < 4.78 is 5.26. The molecule has 0 aliphatic rings. The highest BCUT2D eigenvalue weighted by Gasteiger charge is 2.12. The lowest BCUT2D eigenvalue weighted by molar-refractivity contribution is -0.113. The predicted molar refractivity (Wildman–Crippen MR) is 84.8 cm³/mol. The Balaban J connectivity index is 1.99. The normalized spacial score (nSPS) is 10.4. The molecule has 6 nitrogen and oxygen atoms in total. The van der Waals surface area contributed by atoms with Crippen LogP contribution in [0.25, 0.3) is 0 Å². The maximum atomic E-state index is 12.0. The van der Waals surface area contributed by atoms with E-state index in [1.165, 1.54) is 11.8 Å². The summed E-state index contributed by atoms with van der Waals surface area (Å²) in [5, 5.41) is 9.74. The van der Waals surface area contributed by atoms with E-state index in [2.05, 4.69) is 15.5 Å². The van der Waals surface area contributed by atoms with Crippen LogP contribution in [-0.2, 0) is 4.79 Å². The summed E-state index contributed by atoms with van der Waals surface area (Å²) >= 11 is 1.40. The lowest BCUT2D eigenvalue weighted by Gasteiger charge is -2.09. The molecule has 0 saturated heterocycles. The zero-order valence-electron chi connectivity index (χ0n) is 12.2. The number of hydrogen-bond acceptors (Lipinski definition) is 5. The summed E-state index contributed by atoms with van der Waals surface area (Å²) in [6, 6.07) is 5.37. The van der Waals surface area contributed by atoms with Gasteiger partial charge in [-0.1, -0.05) is 0 Å². The zero-order valence-corrected chi connectivity index (χ0v) is 13.0. The molecule has 0 fully saturated rings. The summed E-state index contributed by atoms with van der Waals surface area (Å²) in [4.78, 5) is 12.9. The summed E-state index contributed by atoms with van der Waals surface area (Å²) in [6.45, 7) is 3.71. The van der Waals surface area contributed by atoms with Crippen molar-refractivity contribution in [3.63, 3.8) is 0 Å². The Hall–Kier alpha value is -2.15. The molecule has 0 bridgehead atoms. The molecule has 0 unspecified atom stereocenters. The SMILES string of the molecule is COc1cc(N)ccc1SCC(=O)Nc1c(C)n[nH]c1C.